The van der Waals surface area contributed by atoms with Gasteiger partial charge in [0, 0.05) is 6.07 Å². The highest BCUT2D eigenvalue weighted by molar-refractivity contribution is 5.15. The van der Waals surface area contributed by atoms with Crippen LogP contribution in [0.3, 0.4) is 0 Å². The smallest absolute Gasteiger partial charge is 0.251 e. The second-order valence-electron chi connectivity index (χ2n) is 3.24. The summed E-state index contributed by atoms with van der Waals surface area (Å²) in [4.78, 5) is 18.1. The molecule has 0 aromatic carbocycles. The van der Waals surface area contributed by atoms with Gasteiger partial charge >= 0.3 is 0 Å². The molecule has 1 atom stereocenters. The number of aryl methyl sites for hydroxylation is 1. The van der Waals surface area contributed by atoms with Gasteiger partial charge in [0.05, 0.1) is 6.20 Å². The predicted molar refractivity (Wildman–Crippen MR) is 52.5 cm³/mol. The Morgan fingerprint density at radius 3 is 3.00 bits per heavy atom. The summed E-state index contributed by atoms with van der Waals surface area (Å²) in [6, 6.07) is 1.67. The van der Waals surface area contributed by atoms with Crippen molar-refractivity contribution in [2.24, 2.45) is 0 Å². The number of nitrogens with two attached hydrogens (primary N) is 1. The highest BCUT2D eigenvalue weighted by atomic mass is 16.1. The van der Waals surface area contributed by atoms with Crippen LogP contribution in [0, 0.1) is 6.92 Å². The third-order valence-corrected chi connectivity index (χ3v) is 2.08. The first kappa shape index (κ1) is 8.90. The van der Waals surface area contributed by atoms with Gasteiger partial charge < -0.3 is 10.3 Å². The summed E-state index contributed by atoms with van der Waals surface area (Å²) >= 11 is 0. The van der Waals surface area contributed by atoms with Gasteiger partial charge in [0.2, 0.25) is 0 Å². The Morgan fingerprint density at radius 1 is 1.50 bits per heavy atom. The van der Waals surface area contributed by atoms with Crippen LogP contribution in [0.5, 0.6) is 0 Å². The Balaban J connectivity index is 2.36. The van der Waals surface area contributed by atoms with Gasteiger partial charge in [-0.25, -0.2) is 4.98 Å². The highest BCUT2D eigenvalue weighted by Crippen LogP contribution is 2.06. The van der Waals surface area contributed by atoms with E-state index in [1.165, 1.54) is 6.07 Å². The van der Waals surface area contributed by atoms with Crippen molar-refractivity contribution in [1.82, 2.24) is 9.97 Å². The first-order valence-corrected chi connectivity index (χ1v) is 4.52. The number of quaternary nitrogens is 1. The molecule has 2 rings (SSSR count). The molecule has 1 aliphatic rings. The number of H-pyrrole nitrogens is 1. The molecule has 0 bridgehead atoms. The molecule has 1 unspecified atom stereocenters. The van der Waals surface area contributed by atoms with Gasteiger partial charge in [0.1, 0.15) is 11.5 Å². The first-order chi connectivity index (χ1) is 6.75. The van der Waals surface area contributed by atoms with Crippen LogP contribution >= 0.6 is 0 Å². The molecule has 0 fully saturated rings. The molecule has 4 heteroatoms. The monoisotopic (exact) mass is 190 g/mol. The average molecular weight is 190 g/mol. The normalized spacial score (nSPS) is 19.9. The van der Waals surface area contributed by atoms with Gasteiger partial charge in [-0.1, -0.05) is 6.08 Å². The number of rotatable bonds is 1. The summed E-state index contributed by atoms with van der Waals surface area (Å²) in [5.74, 6) is 0.656. The number of aromatic nitrogens is 2. The molecule has 1 aromatic heterocycles. The lowest BCUT2D eigenvalue weighted by molar-refractivity contribution is -0.623. The minimum atomic E-state index is -0.0937. The highest BCUT2D eigenvalue weighted by Gasteiger charge is 2.13. The molecule has 0 saturated heterocycles. The van der Waals surface area contributed by atoms with Gasteiger partial charge in [-0.3, -0.25) is 4.79 Å². The maximum atomic E-state index is 11.2. The van der Waals surface area contributed by atoms with Gasteiger partial charge in [-0.05, 0) is 19.1 Å². The first-order valence-electron chi connectivity index (χ1n) is 4.52. The Hall–Kier alpha value is -1.68. The van der Waals surface area contributed by atoms with Crippen LogP contribution in [0.25, 0.3) is 0 Å². The zero-order valence-corrected chi connectivity index (χ0v) is 7.90. The van der Waals surface area contributed by atoms with E-state index in [0.717, 1.165) is 5.69 Å². The Bertz CT molecular complexity index is 445. The molecule has 0 spiro atoms. The number of hydrogen-bond donors (Lipinski definition) is 2. The lowest BCUT2D eigenvalue weighted by Gasteiger charge is -2.10. The molecule has 0 radical (unpaired) electrons. The summed E-state index contributed by atoms with van der Waals surface area (Å²) in [5.41, 5.74) is 0.704. The molecule has 14 heavy (non-hydrogen) atoms. The zero-order valence-electron chi connectivity index (χ0n) is 7.90. The fraction of sp³-hybridized carbons (Fsp3) is 0.200. The Morgan fingerprint density at radius 2 is 2.36 bits per heavy atom. The van der Waals surface area contributed by atoms with Crippen LogP contribution < -0.4 is 10.9 Å². The van der Waals surface area contributed by atoms with Crippen molar-refractivity contribution < 1.29 is 5.32 Å². The van der Waals surface area contributed by atoms with Crippen molar-refractivity contribution in [3.63, 3.8) is 0 Å². The van der Waals surface area contributed by atoms with Crippen molar-refractivity contribution in [2.45, 2.75) is 13.0 Å². The van der Waals surface area contributed by atoms with E-state index in [0.29, 0.717) is 5.82 Å². The molecule has 72 valence electrons. The number of hydrogen-bond acceptors (Lipinski definition) is 2. The largest absolute Gasteiger partial charge is 0.311 e. The molecule has 0 aliphatic carbocycles. The molecule has 2 heterocycles. The molecular formula is C10H12N3O+. The fourth-order valence-electron chi connectivity index (χ4n) is 1.47. The van der Waals surface area contributed by atoms with E-state index in [1.54, 1.807) is 6.92 Å². The average Bonchev–Trinajstić information content (AvgIpc) is 2.18. The van der Waals surface area contributed by atoms with Gasteiger partial charge in [0.25, 0.3) is 5.56 Å². The van der Waals surface area contributed by atoms with E-state index < -0.39 is 0 Å². The maximum absolute atomic E-state index is 11.2. The lowest BCUT2D eigenvalue weighted by atomic mass is 10.1. The topological polar surface area (TPSA) is 62.4 Å². The second kappa shape index (κ2) is 3.59. The summed E-state index contributed by atoms with van der Waals surface area (Å²) < 4.78 is 0. The van der Waals surface area contributed by atoms with Crippen LogP contribution in [-0.2, 0) is 0 Å². The van der Waals surface area contributed by atoms with Crippen LogP contribution in [0.1, 0.15) is 17.6 Å². The Labute approximate surface area is 81.4 Å². The molecule has 0 amide bonds. The van der Waals surface area contributed by atoms with Gasteiger partial charge in [-0.2, -0.15) is 0 Å². The van der Waals surface area contributed by atoms with Crippen molar-refractivity contribution >= 4 is 0 Å². The Kier molecular flexibility index (Phi) is 2.28. The van der Waals surface area contributed by atoms with Crippen LogP contribution in [0.2, 0.25) is 0 Å². The van der Waals surface area contributed by atoms with Crippen molar-refractivity contribution in [3.05, 3.63) is 52.4 Å². The fourth-order valence-corrected chi connectivity index (χ4v) is 1.47. The number of aromatic amines is 1. The SMILES string of the molecule is Cc1nc(C2C=CC=C[NH2+]2)cc(=O)[nH]1. The van der Waals surface area contributed by atoms with Crippen molar-refractivity contribution in [3.8, 4) is 0 Å². The minimum Gasteiger partial charge on any atom is -0.311 e. The third kappa shape index (κ3) is 1.80. The zero-order chi connectivity index (χ0) is 9.97. The number of allylic oxidation sites excluding steroid dienone is 2. The molecule has 3 N–H and O–H groups in total. The van der Waals surface area contributed by atoms with Crippen LogP contribution in [0.15, 0.2) is 35.3 Å². The minimum absolute atomic E-state index is 0.0937. The van der Waals surface area contributed by atoms with E-state index in [2.05, 4.69) is 9.97 Å². The summed E-state index contributed by atoms with van der Waals surface area (Å²) in [6.45, 7) is 1.78. The molecule has 0 saturated carbocycles. The summed E-state index contributed by atoms with van der Waals surface area (Å²) in [6.07, 6.45) is 7.89. The van der Waals surface area contributed by atoms with Gasteiger partial charge in [-0.15, -0.1) is 0 Å². The third-order valence-electron chi connectivity index (χ3n) is 2.08. The molecule has 4 nitrogen and oxygen atoms in total. The van der Waals surface area contributed by atoms with E-state index in [1.807, 2.05) is 29.7 Å². The van der Waals surface area contributed by atoms with Crippen LogP contribution in [-0.4, -0.2) is 9.97 Å². The van der Waals surface area contributed by atoms with Gasteiger partial charge in [0.15, 0.2) is 6.04 Å². The summed E-state index contributed by atoms with van der Waals surface area (Å²) in [7, 11) is 0. The van der Waals surface area contributed by atoms with E-state index >= 15 is 0 Å². The molecule has 1 aliphatic heterocycles. The lowest BCUT2D eigenvalue weighted by Crippen LogP contribution is -2.79. The summed E-state index contributed by atoms with van der Waals surface area (Å²) in [5, 5.41) is 2.02. The van der Waals surface area contributed by atoms with E-state index in [-0.39, 0.29) is 11.6 Å². The predicted octanol–water partition coefficient (Wildman–Crippen LogP) is -0.234. The van der Waals surface area contributed by atoms with E-state index in [9.17, 15) is 4.79 Å². The molecule has 1 aromatic rings. The van der Waals surface area contributed by atoms with Crippen LogP contribution in [0.4, 0.5) is 0 Å². The van der Waals surface area contributed by atoms with Crippen molar-refractivity contribution in [1.29, 1.82) is 0 Å². The molecular weight excluding hydrogens is 178 g/mol. The number of nitrogens with zero attached hydrogens (tertiary/aromatic N) is 1. The number of nitrogens with one attached hydrogen (secondary N) is 1. The quantitative estimate of drug-likeness (QED) is 0.642. The standard InChI is InChI=1S/C10H11N3O/c1-7-12-9(6-10(14)13-7)8-4-2-3-5-11-8/h2-6,8,11H,1H3,(H,12,13,14)/p+1. The second-order valence-corrected chi connectivity index (χ2v) is 3.24. The van der Waals surface area contributed by atoms with E-state index in [4.69, 9.17) is 0 Å². The van der Waals surface area contributed by atoms with Crippen molar-refractivity contribution in [2.75, 3.05) is 0 Å². The maximum Gasteiger partial charge on any atom is 0.251 e.